The summed E-state index contributed by atoms with van der Waals surface area (Å²) in [5.41, 5.74) is 1.95. The number of rotatable bonds is 6. The van der Waals surface area contributed by atoms with Crippen LogP contribution in [0.1, 0.15) is 17.9 Å². The van der Waals surface area contributed by atoms with Crippen LogP contribution in [0.2, 0.25) is 0 Å². The highest BCUT2D eigenvalue weighted by Gasteiger charge is 2.21. The third kappa shape index (κ3) is 5.06. The number of nitrogens with zero attached hydrogens (tertiary/aromatic N) is 4. The van der Waals surface area contributed by atoms with E-state index in [1.165, 1.54) is 17.7 Å². The van der Waals surface area contributed by atoms with Gasteiger partial charge in [-0.3, -0.25) is 9.69 Å². The van der Waals surface area contributed by atoms with Gasteiger partial charge in [0.15, 0.2) is 0 Å². The van der Waals surface area contributed by atoms with Gasteiger partial charge in [-0.25, -0.2) is 4.39 Å². The number of hydrogen-bond donors (Lipinski definition) is 0. The average molecular weight is 394 g/mol. The Morgan fingerprint density at radius 2 is 1.69 bits per heavy atom. The van der Waals surface area contributed by atoms with E-state index in [1.807, 2.05) is 23.1 Å². The molecule has 150 valence electrons. The molecule has 3 aromatic rings. The zero-order chi connectivity index (χ0) is 20.1. The first-order valence-electron chi connectivity index (χ1n) is 9.80. The van der Waals surface area contributed by atoms with Gasteiger partial charge >= 0.3 is 0 Å². The van der Waals surface area contributed by atoms with Gasteiger partial charge in [0.25, 0.3) is 0 Å². The third-order valence-electron chi connectivity index (χ3n) is 5.08. The SMILES string of the molecule is O=C(CCc1nnc(-c2ccc(F)cc2)o1)N1CCN(Cc2ccccc2)CC1. The number of piperazine rings is 1. The number of benzene rings is 2. The van der Waals surface area contributed by atoms with Crippen LogP contribution in [0.15, 0.2) is 59.0 Å². The lowest BCUT2D eigenvalue weighted by Gasteiger charge is -2.34. The van der Waals surface area contributed by atoms with Gasteiger partial charge in [-0.1, -0.05) is 30.3 Å². The fourth-order valence-electron chi connectivity index (χ4n) is 3.43. The molecule has 1 amide bonds. The Morgan fingerprint density at radius 3 is 2.41 bits per heavy atom. The molecule has 0 atom stereocenters. The van der Waals surface area contributed by atoms with Crippen molar-refractivity contribution in [3.8, 4) is 11.5 Å². The molecular weight excluding hydrogens is 371 g/mol. The van der Waals surface area contributed by atoms with Crippen LogP contribution in [-0.4, -0.2) is 52.1 Å². The highest BCUT2D eigenvalue weighted by atomic mass is 19.1. The van der Waals surface area contributed by atoms with Crippen LogP contribution < -0.4 is 0 Å². The molecule has 1 aliphatic heterocycles. The fourth-order valence-corrected chi connectivity index (χ4v) is 3.43. The highest BCUT2D eigenvalue weighted by molar-refractivity contribution is 5.76. The van der Waals surface area contributed by atoms with E-state index in [0.29, 0.717) is 30.2 Å². The van der Waals surface area contributed by atoms with Crippen molar-refractivity contribution in [2.75, 3.05) is 26.2 Å². The highest BCUT2D eigenvalue weighted by Crippen LogP contribution is 2.19. The molecule has 2 aromatic carbocycles. The predicted molar refractivity (Wildman–Crippen MR) is 106 cm³/mol. The van der Waals surface area contributed by atoms with E-state index < -0.39 is 0 Å². The van der Waals surface area contributed by atoms with Crippen molar-refractivity contribution in [2.24, 2.45) is 0 Å². The van der Waals surface area contributed by atoms with E-state index in [0.717, 1.165) is 32.7 Å². The Balaban J connectivity index is 1.24. The molecule has 29 heavy (non-hydrogen) atoms. The van der Waals surface area contributed by atoms with E-state index in [-0.39, 0.29) is 11.7 Å². The smallest absolute Gasteiger partial charge is 0.247 e. The molecule has 4 rings (SSSR count). The maximum Gasteiger partial charge on any atom is 0.247 e. The number of hydrogen-bond acceptors (Lipinski definition) is 5. The minimum atomic E-state index is -0.317. The molecule has 0 aliphatic carbocycles. The van der Waals surface area contributed by atoms with Gasteiger partial charge in [0.2, 0.25) is 17.7 Å². The zero-order valence-corrected chi connectivity index (χ0v) is 16.1. The van der Waals surface area contributed by atoms with Gasteiger partial charge in [-0.15, -0.1) is 10.2 Å². The van der Waals surface area contributed by atoms with Crippen LogP contribution in [0.25, 0.3) is 11.5 Å². The first-order valence-corrected chi connectivity index (χ1v) is 9.80. The van der Waals surface area contributed by atoms with Crippen molar-refractivity contribution < 1.29 is 13.6 Å². The van der Waals surface area contributed by atoms with E-state index in [1.54, 1.807) is 12.1 Å². The van der Waals surface area contributed by atoms with Crippen LogP contribution in [0, 0.1) is 5.82 Å². The largest absolute Gasteiger partial charge is 0.421 e. The molecule has 1 saturated heterocycles. The maximum absolute atomic E-state index is 13.0. The van der Waals surface area contributed by atoms with Crippen LogP contribution in [-0.2, 0) is 17.8 Å². The number of aryl methyl sites for hydroxylation is 1. The summed E-state index contributed by atoms with van der Waals surface area (Å²) in [7, 11) is 0. The summed E-state index contributed by atoms with van der Waals surface area (Å²) >= 11 is 0. The van der Waals surface area contributed by atoms with Crippen molar-refractivity contribution in [3.63, 3.8) is 0 Å². The van der Waals surface area contributed by atoms with Crippen LogP contribution in [0.5, 0.6) is 0 Å². The molecule has 6 nitrogen and oxygen atoms in total. The second kappa shape index (κ2) is 8.96. The molecule has 0 bridgehead atoms. The Bertz CT molecular complexity index is 935. The van der Waals surface area contributed by atoms with Gasteiger partial charge in [-0.2, -0.15) is 0 Å². The number of carbonyl (C=O) groups is 1. The average Bonchev–Trinajstić information content (AvgIpc) is 3.23. The molecule has 0 unspecified atom stereocenters. The lowest BCUT2D eigenvalue weighted by Crippen LogP contribution is -2.48. The molecule has 0 N–H and O–H groups in total. The molecule has 0 spiro atoms. The topological polar surface area (TPSA) is 62.5 Å². The van der Waals surface area contributed by atoms with E-state index in [9.17, 15) is 9.18 Å². The Morgan fingerprint density at radius 1 is 0.966 bits per heavy atom. The zero-order valence-electron chi connectivity index (χ0n) is 16.1. The number of aromatic nitrogens is 2. The molecule has 2 heterocycles. The summed E-state index contributed by atoms with van der Waals surface area (Å²) in [6.45, 7) is 4.12. The van der Waals surface area contributed by atoms with Crippen LogP contribution in [0.4, 0.5) is 4.39 Å². The Kier molecular flexibility index (Phi) is 5.95. The van der Waals surface area contributed by atoms with Crippen molar-refractivity contribution in [3.05, 3.63) is 71.9 Å². The van der Waals surface area contributed by atoms with Crippen molar-refractivity contribution >= 4 is 5.91 Å². The molecule has 7 heteroatoms. The van der Waals surface area contributed by atoms with Crippen LogP contribution in [0.3, 0.4) is 0 Å². The summed E-state index contributed by atoms with van der Waals surface area (Å²) in [4.78, 5) is 16.8. The summed E-state index contributed by atoms with van der Waals surface area (Å²) in [5.74, 6) is 0.538. The monoisotopic (exact) mass is 394 g/mol. The second-order valence-corrected chi connectivity index (χ2v) is 7.15. The fraction of sp³-hybridized carbons (Fsp3) is 0.318. The van der Waals surface area contributed by atoms with E-state index in [4.69, 9.17) is 4.42 Å². The van der Waals surface area contributed by atoms with Crippen molar-refractivity contribution in [1.29, 1.82) is 0 Å². The predicted octanol–water partition coefficient (Wildman–Crippen LogP) is 3.15. The summed E-state index contributed by atoms with van der Waals surface area (Å²) in [6.07, 6.45) is 0.737. The number of carbonyl (C=O) groups excluding carboxylic acids is 1. The normalized spacial score (nSPS) is 14.9. The van der Waals surface area contributed by atoms with Gasteiger partial charge in [0.1, 0.15) is 5.82 Å². The number of amides is 1. The summed E-state index contributed by atoms with van der Waals surface area (Å²) in [6, 6.07) is 16.2. The third-order valence-corrected chi connectivity index (χ3v) is 5.08. The number of halogens is 1. The van der Waals surface area contributed by atoms with E-state index >= 15 is 0 Å². The van der Waals surface area contributed by atoms with E-state index in [2.05, 4.69) is 27.2 Å². The summed E-state index contributed by atoms with van der Waals surface area (Å²) < 4.78 is 18.6. The molecule has 0 saturated carbocycles. The van der Waals surface area contributed by atoms with Gasteiger partial charge in [0.05, 0.1) is 0 Å². The summed E-state index contributed by atoms with van der Waals surface area (Å²) in [5, 5.41) is 7.99. The van der Waals surface area contributed by atoms with Gasteiger partial charge in [-0.05, 0) is 29.8 Å². The minimum absolute atomic E-state index is 0.103. The van der Waals surface area contributed by atoms with Gasteiger partial charge < -0.3 is 9.32 Å². The molecule has 1 aliphatic rings. The maximum atomic E-state index is 13.0. The van der Waals surface area contributed by atoms with Crippen molar-refractivity contribution in [2.45, 2.75) is 19.4 Å². The molecular formula is C22H23FN4O2. The first kappa shape index (κ1) is 19.3. The van der Waals surface area contributed by atoms with Gasteiger partial charge in [0, 0.05) is 51.1 Å². The first-order chi connectivity index (χ1) is 14.2. The minimum Gasteiger partial charge on any atom is -0.421 e. The standard InChI is InChI=1S/C22H23FN4O2/c23-19-8-6-18(7-9-19)22-25-24-20(29-22)10-11-21(28)27-14-12-26(13-15-27)16-17-4-2-1-3-5-17/h1-9H,10-16H2. The van der Waals surface area contributed by atoms with Crippen LogP contribution >= 0.6 is 0 Å². The lowest BCUT2D eigenvalue weighted by molar-refractivity contribution is -0.133. The Hall–Kier alpha value is -3.06. The Labute approximate surface area is 169 Å². The molecule has 0 radical (unpaired) electrons. The molecule has 1 aromatic heterocycles. The van der Waals surface area contributed by atoms with Crippen molar-refractivity contribution in [1.82, 2.24) is 20.0 Å². The lowest BCUT2D eigenvalue weighted by atomic mass is 10.2. The second-order valence-electron chi connectivity index (χ2n) is 7.15. The quantitative estimate of drug-likeness (QED) is 0.643. The molecule has 1 fully saturated rings.